The molecule has 30 heavy (non-hydrogen) atoms. The molecular formula is C24H37N3O3. The monoisotopic (exact) mass is 415 g/mol. The van der Waals surface area contributed by atoms with Gasteiger partial charge in [-0.05, 0) is 62.4 Å². The molecule has 0 amide bonds. The first-order valence-electron chi connectivity index (χ1n) is 9.98. The highest BCUT2D eigenvalue weighted by Gasteiger charge is 2.36. The Morgan fingerprint density at radius 3 is 2.70 bits per heavy atom. The molecule has 0 N–H and O–H groups in total. The number of likely N-dealkylation sites (tertiary alicyclic amines) is 1. The van der Waals surface area contributed by atoms with Crippen LogP contribution in [-0.4, -0.2) is 48.3 Å². The van der Waals surface area contributed by atoms with Crippen LogP contribution in [0.5, 0.6) is 17.5 Å². The highest BCUT2D eigenvalue weighted by Crippen LogP contribution is 2.39. The average molecular weight is 416 g/mol. The minimum absolute atomic E-state index is 0. The van der Waals surface area contributed by atoms with Crippen molar-refractivity contribution in [2.75, 3.05) is 33.4 Å². The molecule has 0 bridgehead atoms. The molecule has 0 aromatic carbocycles. The van der Waals surface area contributed by atoms with E-state index in [-0.39, 0.29) is 26.3 Å². The summed E-state index contributed by atoms with van der Waals surface area (Å²) in [6.45, 7) is 9.87. The summed E-state index contributed by atoms with van der Waals surface area (Å²) in [6.07, 6.45) is 2.18. The minimum Gasteiger partial charge on any atom is -0.484 e. The van der Waals surface area contributed by atoms with Crippen molar-refractivity contribution < 1.29 is 14.2 Å². The molecular weight excluding hydrogens is 378 g/mol. The van der Waals surface area contributed by atoms with Crippen molar-refractivity contribution in [3.05, 3.63) is 41.2 Å². The van der Waals surface area contributed by atoms with E-state index in [2.05, 4.69) is 41.9 Å². The molecule has 2 aliphatic rings. The predicted octanol–water partition coefficient (Wildman–Crippen LogP) is 4.85. The Kier molecular flexibility index (Phi) is 7.70. The number of hydrogen-bond acceptors (Lipinski definition) is 6. The van der Waals surface area contributed by atoms with Gasteiger partial charge in [-0.25, -0.2) is 9.97 Å². The van der Waals surface area contributed by atoms with Gasteiger partial charge in [-0.3, -0.25) is 4.90 Å². The third-order valence-corrected chi connectivity index (χ3v) is 5.82. The first kappa shape index (κ1) is 23.9. The Morgan fingerprint density at radius 2 is 1.93 bits per heavy atom. The maximum absolute atomic E-state index is 5.66. The third-order valence-electron chi connectivity index (χ3n) is 5.82. The Hall–Kier alpha value is -2.34. The van der Waals surface area contributed by atoms with Gasteiger partial charge < -0.3 is 14.2 Å². The summed E-state index contributed by atoms with van der Waals surface area (Å²) < 4.78 is 16.6. The molecule has 2 aliphatic heterocycles. The lowest BCUT2D eigenvalue weighted by Gasteiger charge is -2.29. The maximum atomic E-state index is 5.66. The Morgan fingerprint density at radius 1 is 1.17 bits per heavy atom. The quantitative estimate of drug-likeness (QED) is 0.696. The maximum Gasteiger partial charge on any atom is 0.257 e. The fourth-order valence-electron chi connectivity index (χ4n) is 4.31. The molecule has 6 heteroatoms. The zero-order valence-corrected chi connectivity index (χ0v) is 17.2. The molecule has 4 rings (SSSR count). The molecule has 2 aromatic rings. The van der Waals surface area contributed by atoms with Crippen molar-refractivity contribution >= 4 is 0 Å². The number of hydrogen-bond donors (Lipinski definition) is 0. The fraction of sp³-hybridized carbons (Fsp3) is 0.583. The van der Waals surface area contributed by atoms with Crippen LogP contribution in [0.2, 0.25) is 0 Å². The van der Waals surface area contributed by atoms with Crippen molar-refractivity contribution in [2.24, 2.45) is 5.41 Å². The summed E-state index contributed by atoms with van der Waals surface area (Å²) in [5, 5.41) is 0. The normalized spacial score (nSPS) is 21.3. The van der Waals surface area contributed by atoms with Gasteiger partial charge in [0.25, 0.3) is 5.88 Å². The zero-order chi connectivity index (χ0) is 19.7. The molecule has 0 unspecified atom stereocenters. The van der Waals surface area contributed by atoms with Gasteiger partial charge in [0.05, 0.1) is 12.8 Å². The molecule has 2 atom stereocenters. The van der Waals surface area contributed by atoms with Gasteiger partial charge in [-0.15, -0.1) is 0 Å². The zero-order valence-electron chi connectivity index (χ0n) is 17.2. The number of rotatable bonds is 5. The van der Waals surface area contributed by atoms with E-state index in [4.69, 9.17) is 19.2 Å². The number of fused-ring (bicyclic) bond motifs is 1. The molecule has 166 valence electrons. The molecule has 2 aromatic heterocycles. The van der Waals surface area contributed by atoms with Gasteiger partial charge in [0.1, 0.15) is 13.2 Å². The van der Waals surface area contributed by atoms with Crippen molar-refractivity contribution in [3.63, 3.8) is 0 Å². The largest absolute Gasteiger partial charge is 0.484 e. The standard InChI is InChI=1S/C22H29N3O3.2CH4/c1-15-11-17(12-20(23-15)26-4)13-22(3)7-8-25(14-22)16(2)18-5-6-19-21(24-18)28-10-9-27-19;;/h5-6,11-12,16H,7-10,13-14H2,1-4H3;2*1H4/t16-,22+;;/m0../s1. The molecule has 0 spiro atoms. The van der Waals surface area contributed by atoms with E-state index in [1.807, 2.05) is 13.0 Å². The molecule has 1 fully saturated rings. The van der Waals surface area contributed by atoms with E-state index in [0.717, 1.165) is 43.1 Å². The van der Waals surface area contributed by atoms with Crippen LogP contribution in [0.1, 0.15) is 58.1 Å². The van der Waals surface area contributed by atoms with E-state index in [1.165, 1.54) is 5.56 Å². The smallest absolute Gasteiger partial charge is 0.257 e. The van der Waals surface area contributed by atoms with Crippen LogP contribution in [0, 0.1) is 12.3 Å². The highest BCUT2D eigenvalue weighted by molar-refractivity contribution is 5.36. The minimum atomic E-state index is 0. The third kappa shape index (κ3) is 5.04. The topological polar surface area (TPSA) is 56.7 Å². The summed E-state index contributed by atoms with van der Waals surface area (Å²) in [7, 11) is 1.67. The summed E-state index contributed by atoms with van der Waals surface area (Å²) in [6, 6.07) is 8.51. The SMILES string of the molecule is C.C.COc1cc(C[C@@]2(C)CCN([C@@H](C)c3ccc4c(n3)OCCO4)C2)cc(C)n1. The number of pyridine rings is 2. The summed E-state index contributed by atoms with van der Waals surface area (Å²) in [5.41, 5.74) is 3.55. The molecule has 0 radical (unpaired) electrons. The van der Waals surface area contributed by atoms with Crippen molar-refractivity contribution in [2.45, 2.75) is 54.5 Å². The number of nitrogens with zero attached hydrogens (tertiary/aromatic N) is 3. The number of methoxy groups -OCH3 is 1. The Labute approximate surface area is 181 Å². The summed E-state index contributed by atoms with van der Waals surface area (Å²) in [5.74, 6) is 2.06. The molecule has 0 saturated carbocycles. The molecule has 1 saturated heterocycles. The van der Waals surface area contributed by atoms with Crippen LogP contribution in [0.4, 0.5) is 0 Å². The summed E-state index contributed by atoms with van der Waals surface area (Å²) >= 11 is 0. The van der Waals surface area contributed by atoms with Gasteiger partial charge in [0.15, 0.2) is 5.75 Å². The Bertz CT molecular complexity index is 858. The second kappa shape index (κ2) is 9.65. The van der Waals surface area contributed by atoms with Crippen LogP contribution in [0.25, 0.3) is 0 Å². The van der Waals surface area contributed by atoms with Crippen LogP contribution in [0.15, 0.2) is 24.3 Å². The van der Waals surface area contributed by atoms with Crippen molar-refractivity contribution in [1.29, 1.82) is 0 Å². The van der Waals surface area contributed by atoms with E-state index in [0.29, 0.717) is 25.0 Å². The number of ether oxygens (including phenoxy) is 3. The summed E-state index contributed by atoms with van der Waals surface area (Å²) in [4.78, 5) is 11.6. The second-order valence-corrected chi connectivity index (χ2v) is 8.28. The average Bonchev–Trinajstić information content (AvgIpc) is 3.08. The first-order chi connectivity index (χ1) is 13.5. The van der Waals surface area contributed by atoms with Gasteiger partial charge >= 0.3 is 0 Å². The second-order valence-electron chi connectivity index (χ2n) is 8.28. The molecule has 4 heterocycles. The van der Waals surface area contributed by atoms with E-state index in [1.54, 1.807) is 7.11 Å². The van der Waals surface area contributed by atoms with Gasteiger partial charge in [0, 0.05) is 24.3 Å². The van der Waals surface area contributed by atoms with Crippen molar-refractivity contribution in [3.8, 4) is 17.5 Å². The van der Waals surface area contributed by atoms with Gasteiger partial charge in [-0.2, -0.15) is 0 Å². The lowest BCUT2D eigenvalue weighted by Crippen LogP contribution is -2.29. The van der Waals surface area contributed by atoms with Crippen LogP contribution in [0.3, 0.4) is 0 Å². The highest BCUT2D eigenvalue weighted by atomic mass is 16.6. The van der Waals surface area contributed by atoms with Gasteiger partial charge in [-0.1, -0.05) is 21.8 Å². The predicted molar refractivity (Wildman–Crippen MR) is 121 cm³/mol. The van der Waals surface area contributed by atoms with E-state index in [9.17, 15) is 0 Å². The number of aryl methyl sites for hydroxylation is 1. The number of aromatic nitrogens is 2. The fourth-order valence-corrected chi connectivity index (χ4v) is 4.31. The van der Waals surface area contributed by atoms with Crippen LogP contribution < -0.4 is 14.2 Å². The van der Waals surface area contributed by atoms with Crippen LogP contribution in [-0.2, 0) is 6.42 Å². The van der Waals surface area contributed by atoms with Crippen LogP contribution >= 0.6 is 0 Å². The van der Waals surface area contributed by atoms with E-state index < -0.39 is 0 Å². The van der Waals surface area contributed by atoms with Crippen molar-refractivity contribution in [1.82, 2.24) is 14.9 Å². The molecule has 0 aliphatic carbocycles. The molecule has 6 nitrogen and oxygen atoms in total. The van der Waals surface area contributed by atoms with E-state index >= 15 is 0 Å². The van der Waals surface area contributed by atoms with Gasteiger partial charge in [0.2, 0.25) is 5.88 Å². The lowest BCUT2D eigenvalue weighted by molar-refractivity contribution is 0.161. The first-order valence-corrected chi connectivity index (χ1v) is 9.98. The Balaban J connectivity index is 0.00000160. The lowest BCUT2D eigenvalue weighted by atomic mass is 9.83.